The molecule has 0 bridgehead atoms. The Hall–Kier alpha value is 2.22. The van der Waals surface area contributed by atoms with Crippen molar-refractivity contribution in [3.63, 3.8) is 0 Å². The first-order chi connectivity index (χ1) is 2.00. The van der Waals surface area contributed by atoms with Crippen LogP contribution in [0.25, 0.3) is 0 Å². The van der Waals surface area contributed by atoms with Crippen molar-refractivity contribution in [3.8, 4) is 0 Å². The van der Waals surface area contributed by atoms with Gasteiger partial charge in [0.15, 0.2) is 0 Å². The first-order valence-electron chi connectivity index (χ1n) is 0.756. The van der Waals surface area contributed by atoms with Crippen LogP contribution in [0, 0.1) is 0 Å². The molecule has 0 aromatic rings. The first kappa shape index (κ1) is 7.22. The zero-order valence-corrected chi connectivity index (χ0v) is 9.18. The van der Waals surface area contributed by atoms with E-state index in [4.69, 9.17) is 10.0 Å². The minimum atomic E-state index is -3.09. The Morgan fingerprint density at radius 1 is 1.60 bits per heavy atom. The Balaban J connectivity index is 3.02. The third kappa shape index (κ3) is 22.5. The van der Waals surface area contributed by atoms with Gasteiger partial charge in [0, 0.05) is 0 Å². The molecule has 0 heterocycles. The van der Waals surface area contributed by atoms with Crippen molar-refractivity contribution in [2.45, 2.75) is 0 Å². The van der Waals surface area contributed by atoms with E-state index in [0.29, 0.717) is 0 Å². The van der Waals surface area contributed by atoms with Crippen LogP contribution in [-0.4, -0.2) is 6.18 Å². The fourth-order valence-electron chi connectivity index (χ4n) is 0. The van der Waals surface area contributed by atoms with Gasteiger partial charge in [-0.15, -0.1) is 0 Å². The molecule has 0 aromatic carbocycles. The Kier molecular flexibility index (Phi) is 3.63. The topological polar surface area (TPSA) is 0 Å². The quantitative estimate of drug-likeness (QED) is 0.447. The molecule has 0 atom stereocenters. The fourth-order valence-corrected chi connectivity index (χ4v) is 0. The molecule has 0 amide bonds. The molecule has 0 saturated carbocycles. The summed E-state index contributed by atoms with van der Waals surface area (Å²) in [5.41, 5.74) is 0. The molecule has 5 heteroatoms. The Morgan fingerprint density at radius 2 is 1.60 bits per heavy atom. The molecule has 0 rings (SSSR count). The second-order valence-electron chi connectivity index (χ2n) is 0.429. The van der Waals surface area contributed by atoms with E-state index in [1.54, 1.807) is 40.4 Å². The molecule has 0 aliphatic rings. The van der Waals surface area contributed by atoms with Gasteiger partial charge in [-0.25, -0.2) is 0 Å². The van der Waals surface area contributed by atoms with Crippen molar-refractivity contribution in [3.05, 3.63) is 0 Å². The van der Waals surface area contributed by atoms with Crippen molar-refractivity contribution in [2.24, 2.45) is 0 Å². The molecule has 0 saturated heterocycles. The van der Waals surface area contributed by atoms with E-state index in [0.717, 1.165) is 0 Å². The summed E-state index contributed by atoms with van der Waals surface area (Å²) >= 11 is 3.30. The zero-order valence-electron chi connectivity index (χ0n) is 2.01. The molecule has 0 aromatic heterocycles. The number of hydrogen-bond acceptors (Lipinski definition) is 0. The molecule has 0 nitrogen and oxygen atoms in total. The molecular formula is ClFGeI2. The second-order valence-corrected chi connectivity index (χ2v) is 37.7. The average Bonchev–Trinajstić information content (AvgIpc) is 0.722. The molecule has 0 fully saturated rings. The summed E-state index contributed by atoms with van der Waals surface area (Å²) in [4.78, 5) is 0. The second kappa shape index (κ2) is 2.51. The van der Waals surface area contributed by atoms with E-state index in [9.17, 15) is 3.50 Å². The molecule has 0 N–H and O–H groups in total. The summed E-state index contributed by atoms with van der Waals surface area (Å²) in [6.45, 7) is 0. The van der Waals surface area contributed by atoms with Gasteiger partial charge >= 0.3 is 60.1 Å². The standard InChI is InChI=1S/ClFGeI2/c1-3(2,4)5. The molecule has 32 valence electrons. The van der Waals surface area contributed by atoms with E-state index in [1.807, 2.05) is 0 Å². The molecule has 5 heavy (non-hydrogen) atoms. The van der Waals surface area contributed by atoms with Crippen LogP contribution >= 0.6 is 50.4 Å². The summed E-state index contributed by atoms with van der Waals surface area (Å²) < 4.78 is 11.6. The van der Waals surface area contributed by atoms with Gasteiger partial charge in [0.2, 0.25) is 0 Å². The summed E-state index contributed by atoms with van der Waals surface area (Å²) in [5.74, 6) is 0. The average molecular weight is 381 g/mol. The Bertz CT molecular complexity index is 25.1. The summed E-state index contributed by atoms with van der Waals surface area (Å²) in [5, 5.41) is 0. The van der Waals surface area contributed by atoms with E-state index < -0.39 is 6.18 Å². The Morgan fingerprint density at radius 3 is 1.60 bits per heavy atom. The molecule has 0 spiro atoms. The zero-order chi connectivity index (χ0) is 4.50. The number of rotatable bonds is 0. The third-order valence-electron chi connectivity index (χ3n) is 0. The predicted octanol–water partition coefficient (Wildman–Crippen LogP) is 2.50. The summed E-state index contributed by atoms with van der Waals surface area (Å²) in [7, 11) is 5.02. The van der Waals surface area contributed by atoms with Crippen molar-refractivity contribution >= 4 is 56.6 Å². The molecule has 0 radical (unpaired) electrons. The van der Waals surface area contributed by atoms with Crippen LogP contribution in [0.2, 0.25) is 0 Å². The third-order valence-corrected chi connectivity index (χ3v) is 0. The van der Waals surface area contributed by atoms with Crippen LogP contribution in [0.15, 0.2) is 0 Å². The number of halogens is 4. The van der Waals surface area contributed by atoms with Gasteiger partial charge in [-0.3, -0.25) is 0 Å². The number of hydrogen-bond donors (Lipinski definition) is 0. The molecular weight excluding hydrogens is 381 g/mol. The first-order valence-corrected chi connectivity index (χ1v) is 17.1. The Labute approximate surface area is 59.1 Å². The van der Waals surface area contributed by atoms with Gasteiger partial charge in [0.25, 0.3) is 0 Å². The molecule has 0 aliphatic carbocycles. The van der Waals surface area contributed by atoms with Crippen molar-refractivity contribution in [1.82, 2.24) is 0 Å². The van der Waals surface area contributed by atoms with E-state index >= 15 is 0 Å². The summed E-state index contributed by atoms with van der Waals surface area (Å²) in [6.07, 6.45) is -3.09. The minimum absolute atomic E-state index is 1.65. The van der Waals surface area contributed by atoms with Crippen LogP contribution in [-0.2, 0) is 0 Å². The summed E-state index contributed by atoms with van der Waals surface area (Å²) in [6, 6.07) is 0. The van der Waals surface area contributed by atoms with Crippen molar-refractivity contribution in [2.75, 3.05) is 0 Å². The van der Waals surface area contributed by atoms with Crippen LogP contribution in [0.4, 0.5) is 3.50 Å². The van der Waals surface area contributed by atoms with Crippen LogP contribution in [0.3, 0.4) is 0 Å². The van der Waals surface area contributed by atoms with E-state index in [2.05, 4.69) is 0 Å². The van der Waals surface area contributed by atoms with Crippen molar-refractivity contribution in [1.29, 1.82) is 0 Å². The molecule has 0 aliphatic heterocycles. The van der Waals surface area contributed by atoms with E-state index in [1.165, 1.54) is 0 Å². The van der Waals surface area contributed by atoms with Gasteiger partial charge in [-0.2, -0.15) is 0 Å². The maximum absolute atomic E-state index is 11.6. The van der Waals surface area contributed by atoms with Gasteiger partial charge in [0.05, 0.1) is 0 Å². The van der Waals surface area contributed by atoms with Gasteiger partial charge in [-0.05, 0) is 0 Å². The van der Waals surface area contributed by atoms with Crippen LogP contribution in [0.5, 0.6) is 0 Å². The maximum atomic E-state index is 11.6. The van der Waals surface area contributed by atoms with Gasteiger partial charge < -0.3 is 0 Å². The van der Waals surface area contributed by atoms with Crippen LogP contribution < -0.4 is 0 Å². The van der Waals surface area contributed by atoms with Crippen LogP contribution in [0.1, 0.15) is 0 Å². The monoisotopic (exact) mass is 382 g/mol. The van der Waals surface area contributed by atoms with Crippen molar-refractivity contribution < 1.29 is 3.50 Å². The SMILES string of the molecule is [F][Ge]([Cl])([I])[I]. The molecule has 0 unspecified atom stereocenters. The van der Waals surface area contributed by atoms with Gasteiger partial charge in [-0.1, -0.05) is 0 Å². The fraction of sp³-hybridized carbons (Fsp3) is 0. The van der Waals surface area contributed by atoms with Gasteiger partial charge in [0.1, 0.15) is 0 Å². The normalized spacial score (nSPS) is 12.0. The predicted molar refractivity (Wildman–Crippen MR) is 40.8 cm³/mol. The van der Waals surface area contributed by atoms with E-state index in [-0.39, 0.29) is 0 Å².